The smallest absolute Gasteiger partial charge is 0.261 e. The van der Waals surface area contributed by atoms with Gasteiger partial charge in [-0.1, -0.05) is 24.3 Å². The summed E-state index contributed by atoms with van der Waals surface area (Å²) in [5.74, 6) is 0.110. The Labute approximate surface area is 212 Å². The molecule has 0 bridgehead atoms. The SMILES string of the molecule is COc1ccc(S(=O)(=O)Nc2ccccc2C(=O)Nc2ccc(-c3nc4ccccc4s3)cc2)cc1. The van der Waals surface area contributed by atoms with E-state index >= 15 is 0 Å². The normalized spacial score (nSPS) is 11.2. The number of hydrogen-bond donors (Lipinski definition) is 2. The van der Waals surface area contributed by atoms with Crippen molar-refractivity contribution in [2.45, 2.75) is 4.90 Å². The Balaban J connectivity index is 1.33. The molecule has 2 N–H and O–H groups in total. The molecule has 1 aromatic heterocycles. The fourth-order valence-electron chi connectivity index (χ4n) is 3.62. The molecule has 5 aromatic rings. The molecule has 9 heteroatoms. The lowest BCUT2D eigenvalue weighted by molar-refractivity contribution is 0.102. The van der Waals surface area contributed by atoms with Crippen molar-refractivity contribution in [1.29, 1.82) is 0 Å². The highest BCUT2D eigenvalue weighted by atomic mass is 32.2. The second-order valence-electron chi connectivity index (χ2n) is 7.84. The first-order chi connectivity index (χ1) is 17.4. The number of nitrogens with one attached hydrogen (secondary N) is 2. The molecular weight excluding hydrogens is 494 g/mol. The number of carbonyl (C=O) groups excluding carboxylic acids is 1. The van der Waals surface area contributed by atoms with Gasteiger partial charge in [0.15, 0.2) is 0 Å². The van der Waals surface area contributed by atoms with Gasteiger partial charge in [-0.3, -0.25) is 9.52 Å². The molecule has 0 atom stereocenters. The van der Waals surface area contributed by atoms with Crippen LogP contribution in [0.4, 0.5) is 11.4 Å². The number of rotatable bonds is 7. The van der Waals surface area contributed by atoms with Gasteiger partial charge >= 0.3 is 0 Å². The molecule has 0 spiro atoms. The van der Waals surface area contributed by atoms with E-state index in [0.29, 0.717) is 11.4 Å². The molecule has 0 aliphatic carbocycles. The number of sulfonamides is 1. The third kappa shape index (κ3) is 4.93. The molecule has 5 rings (SSSR count). The van der Waals surface area contributed by atoms with Gasteiger partial charge < -0.3 is 10.1 Å². The second kappa shape index (κ2) is 9.80. The minimum Gasteiger partial charge on any atom is -0.497 e. The van der Waals surface area contributed by atoms with Crippen molar-refractivity contribution in [1.82, 2.24) is 4.98 Å². The van der Waals surface area contributed by atoms with Gasteiger partial charge in [-0.25, -0.2) is 13.4 Å². The topological polar surface area (TPSA) is 97.4 Å². The number of benzene rings is 4. The molecule has 1 amide bonds. The van der Waals surface area contributed by atoms with Crippen molar-refractivity contribution in [3.63, 3.8) is 0 Å². The van der Waals surface area contributed by atoms with Crippen molar-refractivity contribution >= 4 is 48.9 Å². The van der Waals surface area contributed by atoms with E-state index < -0.39 is 15.9 Å². The number of ether oxygens (including phenoxy) is 1. The number of anilines is 2. The first-order valence-electron chi connectivity index (χ1n) is 11.0. The Kier molecular flexibility index (Phi) is 6.41. The zero-order chi connectivity index (χ0) is 25.1. The molecule has 0 saturated carbocycles. The summed E-state index contributed by atoms with van der Waals surface area (Å²) in [5, 5.41) is 3.73. The summed E-state index contributed by atoms with van der Waals surface area (Å²) in [7, 11) is -2.40. The van der Waals surface area contributed by atoms with Crippen LogP contribution >= 0.6 is 11.3 Å². The average molecular weight is 516 g/mol. The van der Waals surface area contributed by atoms with E-state index in [-0.39, 0.29) is 16.1 Å². The molecule has 4 aromatic carbocycles. The number of aromatic nitrogens is 1. The molecule has 0 aliphatic rings. The highest BCUT2D eigenvalue weighted by Gasteiger charge is 2.19. The van der Waals surface area contributed by atoms with Crippen molar-refractivity contribution in [2.75, 3.05) is 17.1 Å². The van der Waals surface area contributed by atoms with E-state index in [1.165, 1.54) is 19.2 Å². The third-order valence-corrected chi connectivity index (χ3v) is 7.94. The maximum atomic E-state index is 13.0. The standard InChI is InChI=1S/C27H21N3O4S2/c1-34-20-14-16-21(17-15-20)36(32,33)30-23-7-3-2-6-22(23)26(31)28-19-12-10-18(11-13-19)27-29-24-8-4-5-9-25(24)35-27/h2-17,30H,1H3,(H,28,31). The monoisotopic (exact) mass is 515 g/mol. The molecule has 0 unspecified atom stereocenters. The zero-order valence-electron chi connectivity index (χ0n) is 19.1. The summed E-state index contributed by atoms with van der Waals surface area (Å²) in [4.78, 5) is 17.8. The van der Waals surface area contributed by atoms with E-state index in [1.54, 1.807) is 59.9 Å². The molecule has 7 nitrogen and oxygen atoms in total. The van der Waals surface area contributed by atoms with Gasteiger partial charge in [0.25, 0.3) is 15.9 Å². The van der Waals surface area contributed by atoms with Gasteiger partial charge in [0.2, 0.25) is 0 Å². The lowest BCUT2D eigenvalue weighted by Crippen LogP contribution is -2.18. The Morgan fingerprint density at radius 3 is 2.28 bits per heavy atom. The number of fused-ring (bicyclic) bond motifs is 1. The second-order valence-corrected chi connectivity index (χ2v) is 10.6. The zero-order valence-corrected chi connectivity index (χ0v) is 20.8. The highest BCUT2D eigenvalue weighted by Crippen LogP contribution is 2.31. The first kappa shape index (κ1) is 23.5. The lowest BCUT2D eigenvalue weighted by atomic mass is 10.1. The number of amides is 1. The van der Waals surface area contributed by atoms with Crippen LogP contribution < -0.4 is 14.8 Å². The van der Waals surface area contributed by atoms with Gasteiger partial charge in [0.1, 0.15) is 10.8 Å². The predicted octanol–water partition coefficient (Wildman–Crippen LogP) is 6.03. The van der Waals surface area contributed by atoms with Gasteiger partial charge in [-0.15, -0.1) is 11.3 Å². The Morgan fingerprint density at radius 1 is 0.861 bits per heavy atom. The van der Waals surface area contributed by atoms with Crippen LogP contribution in [0.2, 0.25) is 0 Å². The van der Waals surface area contributed by atoms with Crippen LogP contribution in [0.5, 0.6) is 5.75 Å². The summed E-state index contributed by atoms with van der Waals surface area (Å²) in [6.07, 6.45) is 0. The first-order valence-corrected chi connectivity index (χ1v) is 13.3. The number of para-hydroxylation sites is 2. The van der Waals surface area contributed by atoms with Crippen LogP contribution in [0.3, 0.4) is 0 Å². The van der Waals surface area contributed by atoms with Crippen LogP contribution in [0.25, 0.3) is 20.8 Å². The minimum atomic E-state index is -3.91. The van der Waals surface area contributed by atoms with Crippen molar-refractivity contribution in [3.8, 4) is 16.3 Å². The van der Waals surface area contributed by atoms with Gasteiger partial charge in [-0.2, -0.15) is 0 Å². The van der Waals surface area contributed by atoms with Crippen LogP contribution in [0, 0.1) is 0 Å². The molecule has 1 heterocycles. The molecule has 36 heavy (non-hydrogen) atoms. The van der Waals surface area contributed by atoms with Gasteiger partial charge in [-0.05, 0) is 72.8 Å². The Morgan fingerprint density at radius 2 is 1.56 bits per heavy atom. The number of nitrogens with zero attached hydrogens (tertiary/aromatic N) is 1. The quantitative estimate of drug-likeness (QED) is 0.276. The van der Waals surface area contributed by atoms with Crippen LogP contribution in [-0.4, -0.2) is 26.4 Å². The largest absolute Gasteiger partial charge is 0.497 e. The molecular formula is C27H21N3O4S2. The molecule has 0 fully saturated rings. The molecule has 0 aliphatic heterocycles. The summed E-state index contributed by atoms with van der Waals surface area (Å²) in [5.41, 5.74) is 2.85. The fraction of sp³-hybridized carbons (Fsp3) is 0.0370. The fourth-order valence-corrected chi connectivity index (χ4v) is 5.67. The van der Waals surface area contributed by atoms with Gasteiger partial charge in [0, 0.05) is 11.3 Å². The van der Waals surface area contributed by atoms with Crippen LogP contribution in [-0.2, 0) is 10.0 Å². The summed E-state index contributed by atoms with van der Waals surface area (Å²) >= 11 is 1.60. The third-order valence-electron chi connectivity index (χ3n) is 5.47. The number of methoxy groups -OCH3 is 1. The van der Waals surface area contributed by atoms with E-state index in [2.05, 4.69) is 15.0 Å². The van der Waals surface area contributed by atoms with Crippen LogP contribution in [0.1, 0.15) is 10.4 Å². The highest BCUT2D eigenvalue weighted by molar-refractivity contribution is 7.92. The van der Waals surface area contributed by atoms with Crippen molar-refractivity contribution < 1.29 is 17.9 Å². The summed E-state index contributed by atoms with van der Waals surface area (Å²) < 4.78 is 34.5. The van der Waals surface area contributed by atoms with Crippen molar-refractivity contribution in [3.05, 3.63) is 103 Å². The maximum absolute atomic E-state index is 13.0. The Hall–Kier alpha value is -4.21. The number of carbonyl (C=O) groups is 1. The molecule has 180 valence electrons. The summed E-state index contributed by atoms with van der Waals surface area (Å²) in [6, 6.07) is 27.8. The van der Waals surface area contributed by atoms with E-state index in [1.807, 2.05) is 36.4 Å². The lowest BCUT2D eigenvalue weighted by Gasteiger charge is -2.13. The van der Waals surface area contributed by atoms with Crippen molar-refractivity contribution in [2.24, 2.45) is 0 Å². The van der Waals surface area contributed by atoms with E-state index in [4.69, 9.17) is 4.74 Å². The van der Waals surface area contributed by atoms with Gasteiger partial charge in [0.05, 0.1) is 33.5 Å². The number of thiazole rings is 1. The Bertz CT molecular complexity index is 1610. The number of hydrogen-bond acceptors (Lipinski definition) is 6. The minimum absolute atomic E-state index is 0.0592. The molecule has 0 radical (unpaired) electrons. The van der Waals surface area contributed by atoms with E-state index in [9.17, 15) is 13.2 Å². The predicted molar refractivity (Wildman–Crippen MR) is 143 cm³/mol. The average Bonchev–Trinajstić information content (AvgIpc) is 3.33. The van der Waals surface area contributed by atoms with Crippen LogP contribution in [0.15, 0.2) is 102 Å². The maximum Gasteiger partial charge on any atom is 0.261 e. The molecule has 0 saturated heterocycles. The van der Waals surface area contributed by atoms with E-state index in [0.717, 1.165) is 20.8 Å². The summed E-state index contributed by atoms with van der Waals surface area (Å²) in [6.45, 7) is 0.